The predicted octanol–water partition coefficient (Wildman–Crippen LogP) is 4.86. The van der Waals surface area contributed by atoms with Crippen molar-refractivity contribution >= 4 is 10.9 Å². The van der Waals surface area contributed by atoms with E-state index < -0.39 is 0 Å². The van der Waals surface area contributed by atoms with Gasteiger partial charge in [-0.25, -0.2) is 0 Å². The van der Waals surface area contributed by atoms with E-state index in [0.717, 1.165) is 26.1 Å². The molecule has 1 unspecified atom stereocenters. The minimum atomic E-state index is -0.170. The van der Waals surface area contributed by atoms with Gasteiger partial charge in [-0.3, -0.25) is 4.90 Å². The van der Waals surface area contributed by atoms with Crippen LogP contribution in [0.5, 0.6) is 0 Å². The van der Waals surface area contributed by atoms with Gasteiger partial charge < -0.3 is 14.8 Å². The molecule has 1 atom stereocenters. The van der Waals surface area contributed by atoms with Crippen molar-refractivity contribution in [1.82, 2.24) is 9.88 Å². The molecule has 1 saturated heterocycles. The highest BCUT2D eigenvalue weighted by Gasteiger charge is 2.20. The van der Waals surface area contributed by atoms with Gasteiger partial charge in [0.25, 0.3) is 0 Å². The summed E-state index contributed by atoms with van der Waals surface area (Å²) in [7, 11) is 0. The summed E-state index contributed by atoms with van der Waals surface area (Å²) in [5, 5.41) is 11.0. The van der Waals surface area contributed by atoms with Gasteiger partial charge in [-0.2, -0.15) is 0 Å². The number of ether oxygens (including phenoxy) is 1. The van der Waals surface area contributed by atoms with Crippen molar-refractivity contribution in [3.8, 4) is 11.1 Å². The van der Waals surface area contributed by atoms with Gasteiger partial charge in [0.05, 0.1) is 18.8 Å². The van der Waals surface area contributed by atoms with Crippen LogP contribution < -0.4 is 0 Å². The molecule has 1 saturated carbocycles. The zero-order chi connectivity index (χ0) is 19.6. The Balaban J connectivity index is 1.31. The first-order valence-electron chi connectivity index (χ1n) is 11.0. The summed E-state index contributed by atoms with van der Waals surface area (Å²) in [5.41, 5.74) is 6.11. The van der Waals surface area contributed by atoms with Crippen LogP contribution in [-0.4, -0.2) is 40.3 Å². The number of aromatic amines is 1. The van der Waals surface area contributed by atoms with Crippen LogP contribution in [0.25, 0.3) is 22.0 Å². The molecular weight excluding hydrogens is 360 g/mol. The lowest BCUT2D eigenvalue weighted by Crippen LogP contribution is -2.21. The minimum absolute atomic E-state index is 0.170. The molecule has 5 rings (SSSR count). The van der Waals surface area contributed by atoms with Crippen LogP contribution in [0, 0.1) is 0 Å². The molecular formula is C25H30N2O2. The van der Waals surface area contributed by atoms with E-state index >= 15 is 0 Å². The standard InChI is InChI=1S/C25H30N2O2/c28-23-10-11-27(16-23)15-22-14-21-13-20(8-9-25(21)26-22)19-5-3-4-18(12-19)17-29-24-6-1-2-7-24/h3-5,8-9,12-14,23-24,26,28H,1-2,6-7,10-11,15-17H2. The quantitative estimate of drug-likeness (QED) is 0.632. The van der Waals surface area contributed by atoms with E-state index in [1.165, 1.54) is 59.0 Å². The topological polar surface area (TPSA) is 48.5 Å². The number of benzene rings is 2. The molecule has 2 fully saturated rings. The lowest BCUT2D eigenvalue weighted by atomic mass is 10.0. The van der Waals surface area contributed by atoms with E-state index in [4.69, 9.17) is 4.74 Å². The second kappa shape index (κ2) is 8.31. The highest BCUT2D eigenvalue weighted by atomic mass is 16.5. The van der Waals surface area contributed by atoms with Crippen molar-refractivity contribution in [2.24, 2.45) is 0 Å². The van der Waals surface area contributed by atoms with E-state index in [9.17, 15) is 5.11 Å². The number of hydrogen-bond donors (Lipinski definition) is 2. The average molecular weight is 391 g/mol. The van der Waals surface area contributed by atoms with Crippen molar-refractivity contribution in [3.63, 3.8) is 0 Å². The number of aliphatic hydroxyl groups excluding tert-OH is 1. The summed E-state index contributed by atoms with van der Waals surface area (Å²) in [6.07, 6.45) is 6.20. The van der Waals surface area contributed by atoms with Gasteiger partial charge in [-0.1, -0.05) is 37.1 Å². The number of hydrogen-bond acceptors (Lipinski definition) is 3. The van der Waals surface area contributed by atoms with E-state index in [1.807, 2.05) is 0 Å². The van der Waals surface area contributed by atoms with E-state index in [1.54, 1.807) is 0 Å². The molecule has 4 heteroatoms. The van der Waals surface area contributed by atoms with Gasteiger partial charge in [0.2, 0.25) is 0 Å². The van der Waals surface area contributed by atoms with Crippen LogP contribution in [0.2, 0.25) is 0 Å². The molecule has 2 heterocycles. The van der Waals surface area contributed by atoms with Gasteiger partial charge in [-0.15, -0.1) is 0 Å². The number of rotatable bonds is 6. The van der Waals surface area contributed by atoms with Gasteiger partial charge in [0.1, 0.15) is 0 Å². The van der Waals surface area contributed by atoms with Crippen LogP contribution in [-0.2, 0) is 17.9 Å². The fourth-order valence-corrected chi connectivity index (χ4v) is 4.76. The van der Waals surface area contributed by atoms with Crippen LogP contribution in [0.1, 0.15) is 43.4 Å². The fourth-order valence-electron chi connectivity index (χ4n) is 4.76. The smallest absolute Gasteiger partial charge is 0.0720 e. The zero-order valence-corrected chi connectivity index (χ0v) is 16.9. The largest absolute Gasteiger partial charge is 0.392 e. The molecule has 0 bridgehead atoms. The Morgan fingerprint density at radius 3 is 2.69 bits per heavy atom. The maximum absolute atomic E-state index is 9.74. The number of aliphatic hydroxyl groups is 1. The fraction of sp³-hybridized carbons (Fsp3) is 0.440. The van der Waals surface area contributed by atoms with Gasteiger partial charge in [0, 0.05) is 36.2 Å². The minimum Gasteiger partial charge on any atom is -0.392 e. The summed E-state index contributed by atoms with van der Waals surface area (Å²) in [6, 6.07) is 17.6. The third-order valence-electron chi connectivity index (χ3n) is 6.37. The van der Waals surface area contributed by atoms with Crippen molar-refractivity contribution in [1.29, 1.82) is 0 Å². The summed E-state index contributed by atoms with van der Waals surface area (Å²) in [4.78, 5) is 5.85. The number of aromatic nitrogens is 1. The number of H-pyrrole nitrogens is 1. The molecule has 3 aromatic rings. The zero-order valence-electron chi connectivity index (χ0n) is 16.9. The Labute approximate surface area is 172 Å². The molecule has 1 aromatic heterocycles. The summed E-state index contributed by atoms with van der Waals surface area (Å²) in [6.45, 7) is 3.32. The maximum atomic E-state index is 9.74. The Kier molecular flexibility index (Phi) is 5.40. The lowest BCUT2D eigenvalue weighted by Gasteiger charge is -2.12. The molecule has 0 spiro atoms. The third-order valence-corrected chi connectivity index (χ3v) is 6.37. The highest BCUT2D eigenvalue weighted by molar-refractivity contribution is 5.86. The van der Waals surface area contributed by atoms with Gasteiger partial charge in [-0.05, 0) is 60.2 Å². The number of β-amino-alcohol motifs (C(OH)–C–C–N with tert-alkyl or cyclic N) is 1. The molecule has 2 aliphatic rings. The van der Waals surface area contributed by atoms with Gasteiger partial charge >= 0.3 is 0 Å². The molecule has 1 aliphatic carbocycles. The second-order valence-corrected chi connectivity index (χ2v) is 8.69. The first-order chi connectivity index (χ1) is 14.2. The third kappa shape index (κ3) is 4.40. The average Bonchev–Trinajstić information content (AvgIpc) is 3.47. The summed E-state index contributed by atoms with van der Waals surface area (Å²) in [5.74, 6) is 0. The van der Waals surface area contributed by atoms with Crippen LogP contribution >= 0.6 is 0 Å². The summed E-state index contributed by atoms with van der Waals surface area (Å²) < 4.78 is 6.10. The number of nitrogens with one attached hydrogen (secondary N) is 1. The van der Waals surface area contributed by atoms with E-state index in [0.29, 0.717) is 12.7 Å². The monoisotopic (exact) mass is 390 g/mol. The Morgan fingerprint density at radius 2 is 1.86 bits per heavy atom. The van der Waals surface area contributed by atoms with Crippen LogP contribution in [0.4, 0.5) is 0 Å². The van der Waals surface area contributed by atoms with Crippen molar-refractivity contribution in [2.75, 3.05) is 13.1 Å². The van der Waals surface area contributed by atoms with Crippen LogP contribution in [0.15, 0.2) is 48.5 Å². The van der Waals surface area contributed by atoms with E-state index in [-0.39, 0.29) is 6.10 Å². The van der Waals surface area contributed by atoms with Gasteiger partial charge in [0.15, 0.2) is 0 Å². The first kappa shape index (κ1) is 18.9. The predicted molar refractivity (Wildman–Crippen MR) is 117 cm³/mol. The normalized spacial score (nSPS) is 20.8. The number of likely N-dealkylation sites (tertiary alicyclic amines) is 1. The van der Waals surface area contributed by atoms with Crippen LogP contribution in [0.3, 0.4) is 0 Å². The van der Waals surface area contributed by atoms with Crippen molar-refractivity contribution in [3.05, 3.63) is 59.8 Å². The molecule has 29 heavy (non-hydrogen) atoms. The Bertz CT molecular complexity index is 974. The first-order valence-corrected chi connectivity index (χ1v) is 11.0. The SMILES string of the molecule is OC1CCN(Cc2cc3cc(-c4cccc(COC5CCCC5)c4)ccc3[nH]2)C1. The van der Waals surface area contributed by atoms with Crippen molar-refractivity contribution in [2.45, 2.75) is 57.5 Å². The molecule has 2 aromatic carbocycles. The molecule has 1 aliphatic heterocycles. The van der Waals surface area contributed by atoms with E-state index in [2.05, 4.69) is 58.4 Å². The Morgan fingerprint density at radius 1 is 1.00 bits per heavy atom. The van der Waals surface area contributed by atoms with Crippen molar-refractivity contribution < 1.29 is 9.84 Å². The summed E-state index contributed by atoms with van der Waals surface area (Å²) >= 11 is 0. The molecule has 2 N–H and O–H groups in total. The number of fused-ring (bicyclic) bond motifs is 1. The highest BCUT2D eigenvalue weighted by Crippen LogP contribution is 2.27. The molecule has 152 valence electrons. The molecule has 4 nitrogen and oxygen atoms in total. The number of nitrogens with zero attached hydrogens (tertiary/aromatic N) is 1. The Hall–Kier alpha value is -2.14. The maximum Gasteiger partial charge on any atom is 0.0720 e. The molecule has 0 amide bonds. The second-order valence-electron chi connectivity index (χ2n) is 8.69. The molecule has 0 radical (unpaired) electrons. The lowest BCUT2D eigenvalue weighted by molar-refractivity contribution is 0.0457.